The van der Waals surface area contributed by atoms with Gasteiger partial charge in [-0.15, -0.1) is 5.10 Å². The molecule has 1 amide bonds. The lowest BCUT2D eigenvalue weighted by atomic mass is 10.4. The van der Waals surface area contributed by atoms with Gasteiger partial charge in [-0.1, -0.05) is 16.9 Å². The zero-order valence-electron chi connectivity index (χ0n) is 11.6. The van der Waals surface area contributed by atoms with Gasteiger partial charge in [-0.05, 0) is 26.7 Å². The Morgan fingerprint density at radius 1 is 1.62 bits per heavy atom. The van der Waals surface area contributed by atoms with Gasteiger partial charge in [-0.2, -0.15) is 0 Å². The Kier molecular flexibility index (Phi) is 3.58. The molecule has 0 spiro atoms. The number of amides is 1. The fourth-order valence-corrected chi connectivity index (χ4v) is 2.82. The van der Waals surface area contributed by atoms with E-state index in [2.05, 4.69) is 20.7 Å². The summed E-state index contributed by atoms with van der Waals surface area (Å²) in [5.41, 5.74) is -0.222. The van der Waals surface area contributed by atoms with Gasteiger partial charge in [-0.25, -0.2) is 9.89 Å². The van der Waals surface area contributed by atoms with Crippen LogP contribution in [-0.2, 0) is 4.79 Å². The Bertz CT molecular complexity index is 715. The van der Waals surface area contributed by atoms with Crippen LogP contribution in [0.4, 0.5) is 5.82 Å². The zero-order valence-corrected chi connectivity index (χ0v) is 12.4. The molecule has 9 heteroatoms. The van der Waals surface area contributed by atoms with Gasteiger partial charge < -0.3 is 9.84 Å². The number of hydrogen-bond acceptors (Lipinski definition) is 6. The number of aromatic amines is 1. The number of anilines is 1. The normalized spacial score (nSPS) is 15.9. The summed E-state index contributed by atoms with van der Waals surface area (Å²) in [6.45, 7) is 3.50. The number of hydrogen-bond donors (Lipinski definition) is 2. The van der Waals surface area contributed by atoms with E-state index in [1.54, 1.807) is 24.5 Å². The van der Waals surface area contributed by atoms with E-state index in [0.29, 0.717) is 16.7 Å². The second-order valence-corrected chi connectivity index (χ2v) is 6.29. The standard InChI is InChI=1S/C12H15N5O3S/c1-6-5-9(16-20-6)13-10(18)7(2)21-12-15-14-11(19)17(12)8-3-4-8/h5,7-8H,3-4H2,1-2H3,(H,14,19)(H,13,16,18). The van der Waals surface area contributed by atoms with Crippen LogP contribution in [0.2, 0.25) is 0 Å². The van der Waals surface area contributed by atoms with E-state index >= 15 is 0 Å². The third-order valence-electron chi connectivity index (χ3n) is 3.11. The van der Waals surface area contributed by atoms with Crippen LogP contribution in [0, 0.1) is 6.92 Å². The minimum atomic E-state index is -0.408. The average Bonchev–Trinajstić information content (AvgIpc) is 3.09. The molecule has 21 heavy (non-hydrogen) atoms. The molecule has 8 nitrogen and oxygen atoms in total. The van der Waals surface area contributed by atoms with E-state index in [4.69, 9.17) is 4.52 Å². The topological polar surface area (TPSA) is 106 Å². The molecule has 2 aromatic rings. The lowest BCUT2D eigenvalue weighted by Crippen LogP contribution is -2.23. The summed E-state index contributed by atoms with van der Waals surface area (Å²) in [5, 5.41) is 12.9. The van der Waals surface area contributed by atoms with Crippen LogP contribution in [-0.4, -0.2) is 31.1 Å². The Morgan fingerprint density at radius 2 is 2.38 bits per heavy atom. The van der Waals surface area contributed by atoms with Crippen molar-refractivity contribution in [2.45, 2.75) is 43.1 Å². The molecule has 0 bridgehead atoms. The van der Waals surface area contributed by atoms with Gasteiger partial charge in [0.1, 0.15) is 5.76 Å². The highest BCUT2D eigenvalue weighted by molar-refractivity contribution is 8.00. The summed E-state index contributed by atoms with van der Waals surface area (Å²) in [6, 6.07) is 1.86. The number of aromatic nitrogens is 4. The number of carbonyl (C=O) groups is 1. The minimum Gasteiger partial charge on any atom is -0.360 e. The van der Waals surface area contributed by atoms with Crippen LogP contribution in [0.3, 0.4) is 0 Å². The quantitative estimate of drug-likeness (QED) is 0.807. The smallest absolute Gasteiger partial charge is 0.344 e. The number of nitrogens with one attached hydrogen (secondary N) is 2. The lowest BCUT2D eigenvalue weighted by Gasteiger charge is -2.10. The van der Waals surface area contributed by atoms with Crippen molar-refractivity contribution in [3.8, 4) is 0 Å². The number of thioether (sulfide) groups is 1. The monoisotopic (exact) mass is 309 g/mol. The van der Waals surface area contributed by atoms with Crippen LogP contribution in [0.15, 0.2) is 20.5 Å². The van der Waals surface area contributed by atoms with Crippen molar-refractivity contribution in [3.05, 3.63) is 22.3 Å². The van der Waals surface area contributed by atoms with E-state index in [1.807, 2.05) is 0 Å². The third-order valence-corrected chi connectivity index (χ3v) is 4.18. The summed E-state index contributed by atoms with van der Waals surface area (Å²) < 4.78 is 6.51. The predicted octanol–water partition coefficient (Wildman–Crippen LogP) is 1.32. The Hall–Kier alpha value is -2.03. The Morgan fingerprint density at radius 3 is 3.00 bits per heavy atom. The van der Waals surface area contributed by atoms with Gasteiger partial charge in [0.05, 0.1) is 5.25 Å². The number of nitrogens with zero attached hydrogens (tertiary/aromatic N) is 3. The minimum absolute atomic E-state index is 0.215. The molecule has 2 N–H and O–H groups in total. The van der Waals surface area contributed by atoms with Crippen molar-refractivity contribution in [2.75, 3.05) is 5.32 Å². The summed E-state index contributed by atoms with van der Waals surface area (Å²) in [5.74, 6) is 0.790. The molecule has 1 fully saturated rings. The first-order valence-electron chi connectivity index (χ1n) is 6.62. The van der Waals surface area contributed by atoms with Crippen molar-refractivity contribution >= 4 is 23.5 Å². The van der Waals surface area contributed by atoms with Crippen LogP contribution >= 0.6 is 11.8 Å². The van der Waals surface area contributed by atoms with Gasteiger partial charge in [0.25, 0.3) is 0 Å². The summed E-state index contributed by atoms with van der Waals surface area (Å²) in [4.78, 5) is 23.8. The lowest BCUT2D eigenvalue weighted by molar-refractivity contribution is -0.115. The number of carbonyl (C=O) groups excluding carboxylic acids is 1. The van der Waals surface area contributed by atoms with Crippen LogP contribution < -0.4 is 11.0 Å². The molecule has 0 radical (unpaired) electrons. The molecule has 1 atom stereocenters. The first-order valence-corrected chi connectivity index (χ1v) is 7.50. The van der Waals surface area contributed by atoms with Gasteiger partial charge >= 0.3 is 5.69 Å². The molecule has 112 valence electrons. The molecule has 1 unspecified atom stereocenters. The van der Waals surface area contributed by atoms with Crippen LogP contribution in [0.5, 0.6) is 0 Å². The molecule has 0 aliphatic heterocycles. The molecule has 1 aliphatic carbocycles. The van der Waals surface area contributed by atoms with E-state index in [9.17, 15) is 9.59 Å². The molecular weight excluding hydrogens is 294 g/mol. The van der Waals surface area contributed by atoms with Crippen LogP contribution in [0.1, 0.15) is 31.6 Å². The van der Waals surface area contributed by atoms with E-state index in [-0.39, 0.29) is 17.6 Å². The highest BCUT2D eigenvalue weighted by Crippen LogP contribution is 2.36. The number of H-pyrrole nitrogens is 1. The van der Waals surface area contributed by atoms with Crippen molar-refractivity contribution in [3.63, 3.8) is 0 Å². The third kappa shape index (κ3) is 3.02. The second-order valence-electron chi connectivity index (χ2n) is 4.98. The van der Waals surface area contributed by atoms with Gasteiger partial charge in [0, 0.05) is 12.1 Å². The summed E-state index contributed by atoms with van der Waals surface area (Å²) >= 11 is 1.24. The Labute approximate surface area is 124 Å². The van der Waals surface area contributed by atoms with Crippen molar-refractivity contribution in [1.82, 2.24) is 19.9 Å². The van der Waals surface area contributed by atoms with Gasteiger partial charge in [0.2, 0.25) is 5.91 Å². The molecular formula is C12H15N5O3S. The molecule has 2 aromatic heterocycles. The maximum atomic E-state index is 12.1. The Balaban J connectivity index is 1.67. The first-order chi connectivity index (χ1) is 10.0. The molecule has 0 saturated heterocycles. The van der Waals surface area contributed by atoms with E-state index in [1.165, 1.54) is 11.8 Å². The maximum absolute atomic E-state index is 12.1. The number of rotatable bonds is 5. The number of aryl methyl sites for hydroxylation is 1. The van der Waals surface area contributed by atoms with E-state index < -0.39 is 5.25 Å². The van der Waals surface area contributed by atoms with Crippen molar-refractivity contribution in [1.29, 1.82) is 0 Å². The summed E-state index contributed by atoms with van der Waals surface area (Å²) in [6.07, 6.45) is 1.96. The molecule has 1 saturated carbocycles. The largest absolute Gasteiger partial charge is 0.360 e. The zero-order chi connectivity index (χ0) is 15.0. The van der Waals surface area contributed by atoms with Crippen molar-refractivity contribution in [2.24, 2.45) is 0 Å². The van der Waals surface area contributed by atoms with Gasteiger partial charge in [-0.3, -0.25) is 9.36 Å². The highest BCUT2D eigenvalue weighted by Gasteiger charge is 2.30. The molecule has 3 rings (SSSR count). The second kappa shape index (κ2) is 5.40. The van der Waals surface area contributed by atoms with Gasteiger partial charge in [0.15, 0.2) is 11.0 Å². The molecule has 1 aliphatic rings. The van der Waals surface area contributed by atoms with Crippen molar-refractivity contribution < 1.29 is 9.32 Å². The maximum Gasteiger partial charge on any atom is 0.344 e. The molecule has 2 heterocycles. The predicted molar refractivity (Wildman–Crippen MR) is 76.3 cm³/mol. The fourth-order valence-electron chi connectivity index (χ4n) is 1.89. The fraction of sp³-hybridized carbons (Fsp3) is 0.500. The highest BCUT2D eigenvalue weighted by atomic mass is 32.2. The van der Waals surface area contributed by atoms with E-state index in [0.717, 1.165) is 12.8 Å². The summed E-state index contributed by atoms with van der Waals surface area (Å²) in [7, 11) is 0. The average molecular weight is 309 g/mol. The SMILES string of the molecule is Cc1cc(NC(=O)C(C)Sc2n[nH]c(=O)n2C2CC2)no1. The molecule has 0 aromatic carbocycles. The first kappa shape index (κ1) is 13.9. The van der Waals surface area contributed by atoms with Crippen LogP contribution in [0.25, 0.3) is 0 Å².